The third-order valence-corrected chi connectivity index (χ3v) is 4.33. The lowest BCUT2D eigenvalue weighted by Crippen LogP contribution is -2.50. The average molecular weight is 248 g/mol. The van der Waals surface area contributed by atoms with Crippen molar-refractivity contribution >= 4 is 0 Å². The summed E-state index contributed by atoms with van der Waals surface area (Å²) in [6, 6.07) is 11.2. The van der Waals surface area contributed by atoms with E-state index in [1.54, 1.807) is 0 Å². The minimum Gasteiger partial charge on any atom is -0.271 e. The maximum Gasteiger partial charge on any atom is 0.0307 e. The van der Waals surface area contributed by atoms with Gasteiger partial charge in [-0.15, -0.1) is 0 Å². The van der Waals surface area contributed by atoms with Crippen molar-refractivity contribution in [3.05, 3.63) is 35.9 Å². The Morgan fingerprint density at radius 2 is 1.72 bits per heavy atom. The minimum atomic E-state index is 0.158. The molecule has 1 aromatic rings. The molecular formula is C16H28N2. The third-order valence-electron chi connectivity index (χ3n) is 4.33. The summed E-state index contributed by atoms with van der Waals surface area (Å²) in [5.41, 5.74) is 4.65. The number of hydrogen-bond acceptors (Lipinski definition) is 2. The molecule has 0 spiro atoms. The van der Waals surface area contributed by atoms with Crippen LogP contribution in [0.1, 0.15) is 58.4 Å². The fourth-order valence-electron chi connectivity index (χ4n) is 3.05. The van der Waals surface area contributed by atoms with Crippen LogP contribution in [0.2, 0.25) is 0 Å². The first-order valence-corrected chi connectivity index (χ1v) is 7.26. The van der Waals surface area contributed by atoms with Crippen LogP contribution in [-0.4, -0.2) is 6.04 Å². The van der Waals surface area contributed by atoms with E-state index in [-0.39, 0.29) is 5.41 Å². The van der Waals surface area contributed by atoms with Crippen molar-refractivity contribution in [2.75, 3.05) is 0 Å². The Morgan fingerprint density at radius 3 is 2.17 bits per heavy atom. The molecule has 0 amide bonds. The molecule has 0 saturated carbocycles. The van der Waals surface area contributed by atoms with Crippen molar-refractivity contribution in [2.24, 2.45) is 5.84 Å². The number of unbranched alkanes of at least 4 members (excludes halogenated alkanes) is 1. The lowest BCUT2D eigenvalue weighted by atomic mass is 9.69. The SMILES string of the molecule is CCCCC(NN)C(CC)(CC)c1ccccc1. The Hall–Kier alpha value is -0.860. The van der Waals surface area contributed by atoms with Gasteiger partial charge in [0.25, 0.3) is 0 Å². The Kier molecular flexibility index (Phi) is 6.37. The van der Waals surface area contributed by atoms with Gasteiger partial charge in [-0.05, 0) is 24.8 Å². The van der Waals surface area contributed by atoms with Gasteiger partial charge in [0.2, 0.25) is 0 Å². The molecular weight excluding hydrogens is 220 g/mol. The summed E-state index contributed by atoms with van der Waals surface area (Å²) in [4.78, 5) is 0. The van der Waals surface area contributed by atoms with Gasteiger partial charge in [0, 0.05) is 11.5 Å². The van der Waals surface area contributed by atoms with Crippen LogP contribution in [-0.2, 0) is 5.41 Å². The molecule has 0 heterocycles. The van der Waals surface area contributed by atoms with Gasteiger partial charge in [0.1, 0.15) is 0 Å². The maximum atomic E-state index is 5.84. The highest BCUT2D eigenvalue weighted by Crippen LogP contribution is 2.36. The number of nitrogens with one attached hydrogen (secondary N) is 1. The average Bonchev–Trinajstić information content (AvgIpc) is 2.45. The molecule has 0 aliphatic heterocycles. The van der Waals surface area contributed by atoms with E-state index in [0.717, 1.165) is 19.3 Å². The van der Waals surface area contributed by atoms with Crippen LogP contribution in [0.15, 0.2) is 30.3 Å². The molecule has 0 fully saturated rings. The first-order valence-electron chi connectivity index (χ1n) is 7.26. The molecule has 0 aromatic heterocycles. The molecule has 1 atom stereocenters. The summed E-state index contributed by atoms with van der Waals surface area (Å²) in [6.45, 7) is 6.77. The molecule has 18 heavy (non-hydrogen) atoms. The standard InChI is InChI=1S/C16H28N2/c1-4-7-13-15(18-17)16(5-2,6-3)14-11-9-8-10-12-14/h8-12,15,18H,4-7,13,17H2,1-3H3. The van der Waals surface area contributed by atoms with Crippen LogP contribution >= 0.6 is 0 Å². The summed E-state index contributed by atoms with van der Waals surface area (Å²) in [5.74, 6) is 5.84. The van der Waals surface area contributed by atoms with Crippen molar-refractivity contribution < 1.29 is 0 Å². The van der Waals surface area contributed by atoms with Crippen LogP contribution < -0.4 is 11.3 Å². The highest BCUT2D eigenvalue weighted by Gasteiger charge is 2.36. The molecule has 2 nitrogen and oxygen atoms in total. The van der Waals surface area contributed by atoms with E-state index < -0.39 is 0 Å². The molecule has 0 radical (unpaired) electrons. The molecule has 1 unspecified atom stereocenters. The van der Waals surface area contributed by atoms with Gasteiger partial charge in [-0.3, -0.25) is 11.3 Å². The molecule has 3 N–H and O–H groups in total. The van der Waals surface area contributed by atoms with Crippen molar-refractivity contribution in [2.45, 2.75) is 64.3 Å². The Bertz CT molecular complexity index is 317. The van der Waals surface area contributed by atoms with Gasteiger partial charge in [-0.2, -0.15) is 0 Å². The van der Waals surface area contributed by atoms with Gasteiger partial charge in [-0.25, -0.2) is 0 Å². The van der Waals surface area contributed by atoms with E-state index in [0.29, 0.717) is 6.04 Å². The highest BCUT2D eigenvalue weighted by molar-refractivity contribution is 5.27. The molecule has 102 valence electrons. The minimum absolute atomic E-state index is 0.158. The molecule has 0 bridgehead atoms. The van der Waals surface area contributed by atoms with Crippen molar-refractivity contribution in [3.8, 4) is 0 Å². The second kappa shape index (κ2) is 7.55. The summed E-state index contributed by atoms with van der Waals surface area (Å²) in [7, 11) is 0. The van der Waals surface area contributed by atoms with E-state index in [1.165, 1.54) is 18.4 Å². The van der Waals surface area contributed by atoms with Crippen LogP contribution in [0, 0.1) is 0 Å². The first-order chi connectivity index (χ1) is 8.75. The summed E-state index contributed by atoms with van der Waals surface area (Å²) >= 11 is 0. The Labute approximate surface area is 112 Å². The Morgan fingerprint density at radius 1 is 1.11 bits per heavy atom. The van der Waals surface area contributed by atoms with E-state index >= 15 is 0 Å². The van der Waals surface area contributed by atoms with Gasteiger partial charge >= 0.3 is 0 Å². The topological polar surface area (TPSA) is 38.0 Å². The molecule has 0 aliphatic carbocycles. The van der Waals surface area contributed by atoms with Crippen molar-refractivity contribution in [3.63, 3.8) is 0 Å². The predicted molar refractivity (Wildman–Crippen MR) is 79.3 cm³/mol. The summed E-state index contributed by atoms with van der Waals surface area (Å²) in [6.07, 6.45) is 5.82. The zero-order valence-electron chi connectivity index (χ0n) is 12.1. The largest absolute Gasteiger partial charge is 0.271 e. The fraction of sp³-hybridized carbons (Fsp3) is 0.625. The number of hydrogen-bond donors (Lipinski definition) is 2. The smallest absolute Gasteiger partial charge is 0.0307 e. The van der Waals surface area contributed by atoms with Crippen molar-refractivity contribution in [1.82, 2.24) is 5.43 Å². The predicted octanol–water partition coefficient (Wildman–Crippen LogP) is 3.77. The quantitative estimate of drug-likeness (QED) is 0.543. The van der Waals surface area contributed by atoms with Gasteiger partial charge in [-0.1, -0.05) is 63.9 Å². The monoisotopic (exact) mass is 248 g/mol. The molecule has 0 aliphatic rings. The highest BCUT2D eigenvalue weighted by atomic mass is 15.2. The van der Waals surface area contributed by atoms with Gasteiger partial charge in [0.15, 0.2) is 0 Å². The lowest BCUT2D eigenvalue weighted by Gasteiger charge is -2.40. The zero-order chi connectivity index (χ0) is 13.4. The van der Waals surface area contributed by atoms with Crippen LogP contribution in [0.3, 0.4) is 0 Å². The number of nitrogens with two attached hydrogens (primary N) is 1. The molecule has 2 heteroatoms. The number of hydrazine groups is 1. The normalized spacial score (nSPS) is 13.6. The molecule has 1 aromatic carbocycles. The third kappa shape index (κ3) is 3.12. The molecule has 1 rings (SSSR count). The van der Waals surface area contributed by atoms with Crippen molar-refractivity contribution in [1.29, 1.82) is 0 Å². The number of benzene rings is 1. The van der Waals surface area contributed by atoms with Gasteiger partial charge < -0.3 is 0 Å². The summed E-state index contributed by atoms with van der Waals surface area (Å²) < 4.78 is 0. The van der Waals surface area contributed by atoms with E-state index in [4.69, 9.17) is 5.84 Å². The molecule has 0 saturated heterocycles. The second-order valence-electron chi connectivity index (χ2n) is 5.09. The van der Waals surface area contributed by atoms with E-state index in [1.807, 2.05) is 0 Å². The van der Waals surface area contributed by atoms with E-state index in [2.05, 4.69) is 56.5 Å². The Balaban J connectivity index is 3.04. The van der Waals surface area contributed by atoms with Crippen LogP contribution in [0.5, 0.6) is 0 Å². The lowest BCUT2D eigenvalue weighted by molar-refractivity contribution is 0.255. The van der Waals surface area contributed by atoms with Crippen LogP contribution in [0.25, 0.3) is 0 Å². The first kappa shape index (κ1) is 15.2. The second-order valence-corrected chi connectivity index (χ2v) is 5.09. The fourth-order valence-corrected chi connectivity index (χ4v) is 3.05. The van der Waals surface area contributed by atoms with E-state index in [9.17, 15) is 0 Å². The van der Waals surface area contributed by atoms with Crippen LogP contribution in [0.4, 0.5) is 0 Å². The number of rotatable bonds is 8. The maximum absolute atomic E-state index is 5.84. The zero-order valence-corrected chi connectivity index (χ0v) is 12.1. The van der Waals surface area contributed by atoms with Gasteiger partial charge in [0.05, 0.1) is 0 Å². The summed E-state index contributed by atoms with van der Waals surface area (Å²) in [5, 5.41) is 0.